The van der Waals surface area contributed by atoms with E-state index in [2.05, 4.69) is 0 Å². The molecule has 114 valence electrons. The third-order valence-electron chi connectivity index (χ3n) is 4.23. The zero-order valence-electron chi connectivity index (χ0n) is 11.9. The highest BCUT2D eigenvalue weighted by Gasteiger charge is 2.40. The van der Waals surface area contributed by atoms with E-state index in [1.54, 1.807) is 4.90 Å². The number of hydrogen-bond donors (Lipinski definition) is 1. The van der Waals surface area contributed by atoms with Crippen LogP contribution in [-0.4, -0.2) is 29.8 Å². The normalized spacial score (nSPS) is 22.1. The lowest BCUT2D eigenvalue weighted by atomic mass is 9.77. The van der Waals surface area contributed by atoms with Crippen molar-refractivity contribution in [3.05, 3.63) is 34.6 Å². The van der Waals surface area contributed by atoms with E-state index in [0.29, 0.717) is 31.5 Å². The molecule has 1 aliphatic heterocycles. The van der Waals surface area contributed by atoms with Crippen LogP contribution in [0.25, 0.3) is 0 Å². The number of carbonyl (C=O) groups excluding carboxylic acids is 2. The highest BCUT2D eigenvalue weighted by molar-refractivity contribution is 6.31. The molecule has 1 aromatic carbocycles. The van der Waals surface area contributed by atoms with Crippen LogP contribution in [0.15, 0.2) is 18.2 Å². The molecule has 0 aromatic heterocycles. The SMILES string of the molecule is CCC1(C(N)=O)CCCN(C(=O)c2ccc(F)c(Cl)c2)C1. The minimum Gasteiger partial charge on any atom is -0.369 e. The van der Waals surface area contributed by atoms with Gasteiger partial charge in [0.2, 0.25) is 5.91 Å². The number of nitrogens with zero attached hydrogens (tertiary/aromatic N) is 1. The van der Waals surface area contributed by atoms with Crippen molar-refractivity contribution in [2.45, 2.75) is 26.2 Å². The summed E-state index contributed by atoms with van der Waals surface area (Å²) in [4.78, 5) is 25.8. The molecule has 0 radical (unpaired) electrons. The number of amides is 2. The van der Waals surface area contributed by atoms with Crippen molar-refractivity contribution in [3.63, 3.8) is 0 Å². The second kappa shape index (κ2) is 6.02. The Kier molecular flexibility index (Phi) is 4.52. The van der Waals surface area contributed by atoms with Gasteiger partial charge in [-0.2, -0.15) is 0 Å². The molecular formula is C15H18ClFN2O2. The summed E-state index contributed by atoms with van der Waals surface area (Å²) in [7, 11) is 0. The Balaban J connectivity index is 2.22. The van der Waals surface area contributed by atoms with Crippen LogP contribution in [0.4, 0.5) is 4.39 Å². The second-order valence-corrected chi connectivity index (χ2v) is 5.86. The second-order valence-electron chi connectivity index (χ2n) is 5.46. The minimum atomic E-state index is -0.669. The molecule has 2 amide bonds. The molecule has 1 atom stereocenters. The van der Waals surface area contributed by atoms with E-state index in [0.717, 1.165) is 6.42 Å². The zero-order chi connectivity index (χ0) is 15.6. The summed E-state index contributed by atoms with van der Waals surface area (Å²) in [6.45, 7) is 2.75. The quantitative estimate of drug-likeness (QED) is 0.932. The molecule has 0 bridgehead atoms. The number of halogens is 2. The van der Waals surface area contributed by atoms with Crippen molar-refractivity contribution >= 4 is 23.4 Å². The minimum absolute atomic E-state index is 0.0884. The van der Waals surface area contributed by atoms with Gasteiger partial charge in [0.05, 0.1) is 10.4 Å². The Hall–Kier alpha value is -1.62. The van der Waals surface area contributed by atoms with Crippen molar-refractivity contribution in [2.24, 2.45) is 11.1 Å². The van der Waals surface area contributed by atoms with E-state index in [1.807, 2.05) is 6.92 Å². The van der Waals surface area contributed by atoms with Gasteiger partial charge in [0.15, 0.2) is 0 Å². The highest BCUT2D eigenvalue weighted by Crippen LogP contribution is 2.33. The average molecular weight is 313 g/mol. The van der Waals surface area contributed by atoms with Crippen LogP contribution in [0, 0.1) is 11.2 Å². The molecule has 1 saturated heterocycles. The topological polar surface area (TPSA) is 63.4 Å². The van der Waals surface area contributed by atoms with E-state index >= 15 is 0 Å². The molecule has 1 aromatic rings. The van der Waals surface area contributed by atoms with Gasteiger partial charge in [-0.3, -0.25) is 9.59 Å². The van der Waals surface area contributed by atoms with Gasteiger partial charge in [0, 0.05) is 18.7 Å². The van der Waals surface area contributed by atoms with Gasteiger partial charge in [0.1, 0.15) is 5.82 Å². The molecule has 6 heteroatoms. The smallest absolute Gasteiger partial charge is 0.253 e. The fourth-order valence-corrected chi connectivity index (χ4v) is 2.96. The predicted octanol–water partition coefficient (Wildman–Crippen LogP) is 2.60. The Morgan fingerprint density at radius 1 is 1.48 bits per heavy atom. The Bertz CT molecular complexity index is 579. The fourth-order valence-electron chi connectivity index (χ4n) is 2.78. The highest BCUT2D eigenvalue weighted by atomic mass is 35.5. The number of benzene rings is 1. The molecule has 4 nitrogen and oxygen atoms in total. The fraction of sp³-hybridized carbons (Fsp3) is 0.467. The summed E-state index contributed by atoms with van der Waals surface area (Å²) >= 11 is 5.71. The maximum Gasteiger partial charge on any atom is 0.253 e. The Morgan fingerprint density at radius 2 is 2.19 bits per heavy atom. The number of piperidine rings is 1. The van der Waals surface area contributed by atoms with Crippen LogP contribution in [0.2, 0.25) is 5.02 Å². The van der Waals surface area contributed by atoms with E-state index in [1.165, 1.54) is 18.2 Å². The summed E-state index contributed by atoms with van der Waals surface area (Å²) in [6.07, 6.45) is 2.00. The molecule has 21 heavy (non-hydrogen) atoms. The van der Waals surface area contributed by atoms with Crippen LogP contribution in [-0.2, 0) is 4.79 Å². The monoisotopic (exact) mass is 312 g/mol. The van der Waals surface area contributed by atoms with Crippen molar-refractivity contribution < 1.29 is 14.0 Å². The molecule has 1 fully saturated rings. The van der Waals surface area contributed by atoms with Gasteiger partial charge >= 0.3 is 0 Å². The predicted molar refractivity (Wildman–Crippen MR) is 78.5 cm³/mol. The van der Waals surface area contributed by atoms with Crippen molar-refractivity contribution in [1.82, 2.24) is 4.90 Å². The Morgan fingerprint density at radius 3 is 2.76 bits per heavy atom. The molecule has 1 unspecified atom stereocenters. The molecule has 2 rings (SSSR count). The number of primary amides is 1. The first-order chi connectivity index (χ1) is 9.89. The molecule has 2 N–H and O–H groups in total. The third-order valence-corrected chi connectivity index (χ3v) is 4.52. The number of rotatable bonds is 3. The first-order valence-corrected chi connectivity index (χ1v) is 7.31. The first-order valence-electron chi connectivity index (χ1n) is 6.94. The number of likely N-dealkylation sites (tertiary alicyclic amines) is 1. The van der Waals surface area contributed by atoms with Crippen molar-refractivity contribution in [3.8, 4) is 0 Å². The molecule has 1 heterocycles. The molecule has 1 aliphatic rings. The molecule has 0 aliphatic carbocycles. The zero-order valence-corrected chi connectivity index (χ0v) is 12.6. The van der Waals surface area contributed by atoms with E-state index in [-0.39, 0.29) is 16.8 Å². The summed E-state index contributed by atoms with van der Waals surface area (Å²) in [5.41, 5.74) is 5.16. The largest absolute Gasteiger partial charge is 0.369 e. The average Bonchev–Trinajstić information content (AvgIpc) is 2.49. The van der Waals surface area contributed by atoms with E-state index < -0.39 is 11.2 Å². The van der Waals surface area contributed by atoms with E-state index in [4.69, 9.17) is 17.3 Å². The summed E-state index contributed by atoms with van der Waals surface area (Å²) in [5.74, 6) is -1.19. The van der Waals surface area contributed by atoms with Crippen molar-refractivity contribution in [2.75, 3.05) is 13.1 Å². The molecular weight excluding hydrogens is 295 g/mol. The lowest BCUT2D eigenvalue weighted by Gasteiger charge is -2.40. The lowest BCUT2D eigenvalue weighted by molar-refractivity contribution is -0.130. The van der Waals surface area contributed by atoms with Gasteiger partial charge in [-0.1, -0.05) is 18.5 Å². The summed E-state index contributed by atoms with van der Waals surface area (Å²) in [5, 5.41) is -0.0884. The summed E-state index contributed by atoms with van der Waals surface area (Å²) < 4.78 is 13.2. The van der Waals surface area contributed by atoms with Crippen LogP contribution in [0.5, 0.6) is 0 Å². The van der Waals surface area contributed by atoms with Crippen LogP contribution < -0.4 is 5.73 Å². The van der Waals surface area contributed by atoms with Gasteiger partial charge in [-0.05, 0) is 37.5 Å². The van der Waals surface area contributed by atoms with Crippen LogP contribution in [0.3, 0.4) is 0 Å². The number of carbonyl (C=O) groups is 2. The third kappa shape index (κ3) is 3.02. The van der Waals surface area contributed by atoms with Crippen LogP contribution >= 0.6 is 11.6 Å². The van der Waals surface area contributed by atoms with Gasteiger partial charge in [-0.15, -0.1) is 0 Å². The molecule has 0 saturated carbocycles. The number of nitrogens with two attached hydrogens (primary N) is 1. The van der Waals surface area contributed by atoms with E-state index in [9.17, 15) is 14.0 Å². The Labute approximate surface area is 128 Å². The maximum atomic E-state index is 13.2. The lowest BCUT2D eigenvalue weighted by Crippen LogP contribution is -2.51. The van der Waals surface area contributed by atoms with Crippen molar-refractivity contribution in [1.29, 1.82) is 0 Å². The maximum absolute atomic E-state index is 13.2. The standard InChI is InChI=1S/C15H18ClFN2O2/c1-2-15(14(18)21)6-3-7-19(9-15)13(20)10-4-5-12(17)11(16)8-10/h4-5,8H,2-3,6-7,9H2,1H3,(H2,18,21). The number of hydrogen-bond acceptors (Lipinski definition) is 2. The first kappa shape index (κ1) is 15.8. The summed E-state index contributed by atoms with van der Waals surface area (Å²) in [6, 6.07) is 3.88. The molecule has 0 spiro atoms. The van der Waals surface area contributed by atoms with Gasteiger partial charge < -0.3 is 10.6 Å². The van der Waals surface area contributed by atoms with Gasteiger partial charge in [-0.25, -0.2) is 4.39 Å². The van der Waals surface area contributed by atoms with Crippen LogP contribution in [0.1, 0.15) is 36.5 Å². The van der Waals surface area contributed by atoms with Gasteiger partial charge in [0.25, 0.3) is 5.91 Å².